The molecule has 226 valence electrons. The van der Waals surface area contributed by atoms with Gasteiger partial charge in [0.05, 0.1) is 19.2 Å². The first-order chi connectivity index (χ1) is 20.3. The summed E-state index contributed by atoms with van der Waals surface area (Å²) >= 11 is 6.48. The van der Waals surface area contributed by atoms with E-state index in [1.165, 1.54) is 0 Å². The number of hydrogen-bond donors (Lipinski definition) is 5. The summed E-state index contributed by atoms with van der Waals surface area (Å²) in [6, 6.07) is 15.1. The molecule has 0 unspecified atom stereocenters. The molecule has 0 bridgehead atoms. The second kappa shape index (κ2) is 13.7. The lowest BCUT2D eigenvalue weighted by Gasteiger charge is -2.40. The Kier molecular flexibility index (Phi) is 10.0. The molecule has 0 aromatic heterocycles. The predicted octanol–water partition coefficient (Wildman–Crippen LogP) is 1.85. The number of hydrogen-bond acceptors (Lipinski definition) is 9. The summed E-state index contributed by atoms with van der Waals surface area (Å²) in [5.74, 6) is 0.744. The lowest BCUT2D eigenvalue weighted by molar-refractivity contribution is -0.231. The molecule has 10 nitrogen and oxygen atoms in total. The molecule has 3 aliphatic rings. The zero-order valence-electron chi connectivity index (χ0n) is 23.3. The van der Waals surface area contributed by atoms with Crippen molar-refractivity contribution < 1.29 is 34.7 Å². The maximum atomic E-state index is 12.5. The van der Waals surface area contributed by atoms with Crippen molar-refractivity contribution in [1.29, 1.82) is 5.26 Å². The molecule has 42 heavy (non-hydrogen) atoms. The second-order valence-electron chi connectivity index (χ2n) is 11.4. The van der Waals surface area contributed by atoms with Gasteiger partial charge in [-0.2, -0.15) is 5.26 Å². The molecule has 8 atom stereocenters. The quantitative estimate of drug-likeness (QED) is 0.290. The van der Waals surface area contributed by atoms with E-state index in [0.29, 0.717) is 23.6 Å². The van der Waals surface area contributed by atoms with Gasteiger partial charge >= 0.3 is 0 Å². The van der Waals surface area contributed by atoms with Crippen molar-refractivity contribution in [2.24, 2.45) is 0 Å². The summed E-state index contributed by atoms with van der Waals surface area (Å²) in [6.45, 7) is 0.405. The van der Waals surface area contributed by atoms with E-state index in [1.807, 2.05) is 24.3 Å². The van der Waals surface area contributed by atoms with E-state index in [2.05, 4.69) is 11.4 Å². The minimum Gasteiger partial charge on any atom is -0.490 e. The number of benzene rings is 2. The summed E-state index contributed by atoms with van der Waals surface area (Å²) < 4.78 is 11.9. The molecule has 5 N–H and O–H groups in total. The Bertz CT molecular complexity index is 1270. The number of aliphatic hydroxyl groups excluding tert-OH is 4. The molecule has 2 saturated heterocycles. The Morgan fingerprint density at radius 2 is 1.88 bits per heavy atom. The summed E-state index contributed by atoms with van der Waals surface area (Å²) in [5, 5.41) is 53.4. The third-order valence-corrected chi connectivity index (χ3v) is 8.93. The Labute approximate surface area is 250 Å². The third kappa shape index (κ3) is 6.90. The Morgan fingerprint density at radius 3 is 2.62 bits per heavy atom. The first-order valence-corrected chi connectivity index (χ1v) is 14.9. The van der Waals surface area contributed by atoms with E-state index in [9.17, 15) is 30.5 Å². The summed E-state index contributed by atoms with van der Waals surface area (Å²) in [6.07, 6.45) is -1.34. The zero-order chi connectivity index (χ0) is 29.8. The van der Waals surface area contributed by atoms with Gasteiger partial charge in [-0.15, -0.1) is 0 Å². The maximum Gasteiger partial charge on any atom is 0.237 e. The summed E-state index contributed by atoms with van der Waals surface area (Å²) in [5.41, 5.74) is 2.38. The molecule has 1 aliphatic carbocycles. The average molecular weight is 600 g/mol. The van der Waals surface area contributed by atoms with E-state index in [-0.39, 0.29) is 30.6 Å². The van der Waals surface area contributed by atoms with Gasteiger partial charge in [-0.1, -0.05) is 35.9 Å². The van der Waals surface area contributed by atoms with E-state index in [4.69, 9.17) is 21.1 Å². The van der Waals surface area contributed by atoms with Crippen molar-refractivity contribution in [3.63, 3.8) is 0 Å². The Morgan fingerprint density at radius 1 is 1.10 bits per heavy atom. The standard InChI is InChI=1S/C31H38ClN3O7/c32-25-10-5-19(31-30(40)29(39)28(38)26(17-36)42-31)13-20(25)12-18-3-7-23(8-4-18)41-24-9-6-21(14-24)34-16-27(37)35-11-1-2-22(35)15-33/h3-5,7-8,10,13,21-22,24,26,28-31,34,36,38-40H,1-2,6,9,11-12,14,16-17H2/t21-,22-,24+,26+,28+,29-,30+,31-/m0/s1. The lowest BCUT2D eigenvalue weighted by Crippen LogP contribution is -2.55. The van der Waals surface area contributed by atoms with Crippen molar-refractivity contribution in [3.8, 4) is 11.8 Å². The van der Waals surface area contributed by atoms with Crippen LogP contribution in [-0.2, 0) is 16.0 Å². The van der Waals surface area contributed by atoms with Crippen molar-refractivity contribution in [3.05, 3.63) is 64.2 Å². The molecular weight excluding hydrogens is 562 g/mol. The van der Waals surface area contributed by atoms with Crippen LogP contribution in [-0.4, -0.2) is 93.5 Å². The van der Waals surface area contributed by atoms with Crippen LogP contribution in [0.4, 0.5) is 0 Å². The van der Waals surface area contributed by atoms with E-state index in [0.717, 1.165) is 49.0 Å². The van der Waals surface area contributed by atoms with Crippen molar-refractivity contribution >= 4 is 17.5 Å². The van der Waals surface area contributed by atoms with Crippen LogP contribution >= 0.6 is 11.6 Å². The van der Waals surface area contributed by atoms with E-state index in [1.54, 1.807) is 23.1 Å². The normalized spacial score (nSPS) is 31.2. The molecule has 2 aromatic carbocycles. The molecule has 5 rings (SSSR count). The molecule has 1 saturated carbocycles. The van der Waals surface area contributed by atoms with Gasteiger partial charge in [0.25, 0.3) is 0 Å². The smallest absolute Gasteiger partial charge is 0.237 e. The van der Waals surface area contributed by atoms with E-state index >= 15 is 0 Å². The minimum atomic E-state index is -1.45. The fourth-order valence-corrected chi connectivity index (χ4v) is 6.33. The van der Waals surface area contributed by atoms with Crippen LogP contribution in [0.25, 0.3) is 0 Å². The number of ether oxygens (including phenoxy) is 2. The fourth-order valence-electron chi connectivity index (χ4n) is 6.15. The average Bonchev–Trinajstić information content (AvgIpc) is 3.67. The number of nitrogens with zero attached hydrogens (tertiary/aromatic N) is 2. The highest BCUT2D eigenvalue weighted by molar-refractivity contribution is 6.31. The molecule has 11 heteroatoms. The van der Waals surface area contributed by atoms with Gasteiger partial charge in [-0.25, -0.2) is 0 Å². The minimum absolute atomic E-state index is 0.0159. The van der Waals surface area contributed by atoms with Gasteiger partial charge in [-0.3, -0.25) is 4.79 Å². The number of carbonyl (C=O) groups excluding carboxylic acids is 1. The maximum absolute atomic E-state index is 12.5. The number of likely N-dealkylation sites (tertiary alicyclic amines) is 1. The first kappa shape index (κ1) is 30.7. The number of halogens is 1. The monoisotopic (exact) mass is 599 g/mol. The molecular formula is C31H38ClN3O7. The van der Waals surface area contributed by atoms with Crippen LogP contribution in [0.1, 0.15) is 54.9 Å². The van der Waals surface area contributed by atoms with Gasteiger partial charge in [0, 0.05) is 17.6 Å². The fraction of sp³-hybridized carbons (Fsp3) is 0.548. The van der Waals surface area contributed by atoms with Crippen LogP contribution in [0, 0.1) is 11.3 Å². The number of aliphatic hydroxyl groups is 4. The first-order valence-electron chi connectivity index (χ1n) is 14.5. The summed E-state index contributed by atoms with van der Waals surface area (Å²) in [4.78, 5) is 14.2. The highest BCUT2D eigenvalue weighted by Crippen LogP contribution is 2.34. The Hall–Kier alpha value is -2.75. The van der Waals surface area contributed by atoms with Crippen LogP contribution in [0.5, 0.6) is 5.75 Å². The third-order valence-electron chi connectivity index (χ3n) is 8.56. The number of nitrogens with one attached hydrogen (secondary N) is 1. The molecule has 2 aliphatic heterocycles. The highest BCUT2D eigenvalue weighted by Gasteiger charge is 2.44. The zero-order valence-corrected chi connectivity index (χ0v) is 24.1. The molecule has 0 spiro atoms. The molecule has 1 amide bonds. The number of amides is 1. The van der Waals surface area contributed by atoms with E-state index < -0.39 is 37.1 Å². The molecule has 2 aromatic rings. The van der Waals surface area contributed by atoms with Crippen LogP contribution in [0.3, 0.4) is 0 Å². The second-order valence-corrected chi connectivity index (χ2v) is 11.8. The van der Waals surface area contributed by atoms with Crippen LogP contribution in [0.2, 0.25) is 5.02 Å². The van der Waals surface area contributed by atoms with Gasteiger partial charge in [0.2, 0.25) is 5.91 Å². The number of rotatable bonds is 9. The summed E-state index contributed by atoms with van der Waals surface area (Å²) in [7, 11) is 0. The van der Waals surface area contributed by atoms with Gasteiger partial charge in [0.1, 0.15) is 48.4 Å². The Balaban J connectivity index is 1.14. The van der Waals surface area contributed by atoms with Crippen LogP contribution < -0.4 is 10.1 Å². The SMILES string of the molecule is N#C[C@@H]1CCCN1C(=O)CN[C@H]1CC[C@@H](Oc2ccc(Cc3cc([C@@H]4O[C@H](CO)[C@@H](O)[C@H](O)[C@H]4O)ccc3Cl)cc2)C1. The predicted molar refractivity (Wildman–Crippen MR) is 154 cm³/mol. The van der Waals surface area contributed by atoms with Crippen molar-refractivity contribution in [2.75, 3.05) is 19.7 Å². The lowest BCUT2D eigenvalue weighted by atomic mass is 9.90. The number of carbonyl (C=O) groups is 1. The van der Waals surface area contributed by atoms with Gasteiger partial charge in [-0.05, 0) is 73.4 Å². The highest BCUT2D eigenvalue weighted by atomic mass is 35.5. The topological polar surface area (TPSA) is 156 Å². The number of nitriles is 1. The van der Waals surface area contributed by atoms with Crippen molar-refractivity contribution in [2.45, 2.75) is 87.2 Å². The van der Waals surface area contributed by atoms with Crippen LogP contribution in [0.15, 0.2) is 42.5 Å². The molecule has 2 heterocycles. The van der Waals surface area contributed by atoms with Gasteiger partial charge in [0.15, 0.2) is 0 Å². The van der Waals surface area contributed by atoms with Crippen molar-refractivity contribution in [1.82, 2.24) is 10.2 Å². The largest absolute Gasteiger partial charge is 0.490 e. The van der Waals surface area contributed by atoms with Gasteiger partial charge < -0.3 is 40.1 Å². The molecule has 3 fully saturated rings. The molecule has 0 radical (unpaired) electrons.